The van der Waals surface area contributed by atoms with Gasteiger partial charge >= 0.3 is 0 Å². The van der Waals surface area contributed by atoms with Crippen LogP contribution in [0.5, 0.6) is 5.75 Å². The van der Waals surface area contributed by atoms with Gasteiger partial charge in [0.1, 0.15) is 11.5 Å². The molecule has 1 unspecified atom stereocenters. The summed E-state index contributed by atoms with van der Waals surface area (Å²) in [5.41, 5.74) is 4.24. The van der Waals surface area contributed by atoms with Crippen LogP contribution < -0.4 is 19.4 Å². The minimum absolute atomic E-state index is 0.0211. The molecule has 3 aromatic carbocycles. The van der Waals surface area contributed by atoms with Crippen LogP contribution in [0.3, 0.4) is 0 Å². The molecule has 1 heterocycles. The van der Waals surface area contributed by atoms with Gasteiger partial charge in [0.15, 0.2) is 0 Å². The first-order valence-corrected chi connectivity index (χ1v) is 13.3. The van der Waals surface area contributed by atoms with E-state index in [1.165, 1.54) is 12.0 Å². The van der Waals surface area contributed by atoms with Crippen molar-refractivity contribution in [1.29, 1.82) is 0 Å². The first-order chi connectivity index (χ1) is 18.6. The molecule has 204 valence electrons. The second-order valence-electron chi connectivity index (χ2n) is 9.67. The smallest absolute Gasteiger partial charge is 0.300 e. The van der Waals surface area contributed by atoms with Crippen LogP contribution in [0, 0.1) is 6.92 Å². The number of amides is 1. The van der Waals surface area contributed by atoms with Gasteiger partial charge in [-0.3, -0.25) is 14.5 Å². The Morgan fingerprint density at radius 2 is 1.56 bits per heavy atom. The van der Waals surface area contributed by atoms with Gasteiger partial charge in [-0.2, -0.15) is 0 Å². The highest BCUT2D eigenvalue weighted by Gasteiger charge is 2.47. The lowest BCUT2D eigenvalue weighted by molar-refractivity contribution is -0.132. The zero-order chi connectivity index (χ0) is 28.4. The molecule has 0 aliphatic carbocycles. The van der Waals surface area contributed by atoms with Crippen molar-refractivity contribution in [2.24, 2.45) is 0 Å². The van der Waals surface area contributed by atoms with Gasteiger partial charge < -0.3 is 19.6 Å². The molecule has 1 aliphatic heterocycles. The van der Waals surface area contributed by atoms with Crippen LogP contribution in [-0.2, 0) is 9.59 Å². The summed E-state index contributed by atoms with van der Waals surface area (Å²) in [6, 6.07) is 17.7. The fourth-order valence-corrected chi connectivity index (χ4v) is 5.39. The first kappa shape index (κ1) is 28.0. The van der Waals surface area contributed by atoms with Crippen molar-refractivity contribution in [3.8, 4) is 5.75 Å². The van der Waals surface area contributed by atoms with Crippen molar-refractivity contribution >= 4 is 46.1 Å². The van der Waals surface area contributed by atoms with Crippen molar-refractivity contribution < 1.29 is 19.4 Å². The van der Waals surface area contributed by atoms with Crippen molar-refractivity contribution in [2.75, 3.05) is 49.0 Å². The van der Waals surface area contributed by atoms with E-state index in [0.29, 0.717) is 16.3 Å². The monoisotopic (exact) mass is 547 g/mol. The SMILES string of the molecule is CCN(CC)c1ccc(C2/C(=C(\O)c3cc(C)cc(Cl)c3OC)C(=O)C(=O)N2c2ccc(N(C)C)cc2)cc1. The van der Waals surface area contributed by atoms with Crippen molar-refractivity contribution in [1.82, 2.24) is 0 Å². The topological polar surface area (TPSA) is 73.3 Å². The van der Waals surface area contributed by atoms with Crippen molar-refractivity contribution in [3.05, 3.63) is 87.9 Å². The number of carbonyl (C=O) groups excluding carboxylic acids is 2. The van der Waals surface area contributed by atoms with E-state index in [1.54, 1.807) is 12.1 Å². The van der Waals surface area contributed by atoms with Crippen LogP contribution in [-0.4, -0.2) is 51.1 Å². The van der Waals surface area contributed by atoms with Gasteiger partial charge in [0, 0.05) is 44.2 Å². The second kappa shape index (κ2) is 11.4. The highest BCUT2D eigenvalue weighted by atomic mass is 35.5. The predicted octanol–water partition coefficient (Wildman–Crippen LogP) is 6.20. The maximum Gasteiger partial charge on any atom is 0.300 e. The Balaban J connectivity index is 1.95. The molecule has 4 rings (SSSR count). The largest absolute Gasteiger partial charge is 0.507 e. The number of nitrogens with zero attached hydrogens (tertiary/aromatic N) is 3. The summed E-state index contributed by atoms with van der Waals surface area (Å²) in [5, 5.41) is 11.9. The van der Waals surface area contributed by atoms with Crippen LogP contribution in [0.1, 0.15) is 36.6 Å². The molecule has 0 aromatic heterocycles. The Hall–Kier alpha value is -3.97. The highest BCUT2D eigenvalue weighted by Crippen LogP contribution is 2.45. The highest BCUT2D eigenvalue weighted by molar-refractivity contribution is 6.51. The number of aliphatic hydroxyl groups is 1. The van der Waals surface area contributed by atoms with Gasteiger partial charge in [0.05, 0.1) is 29.3 Å². The predicted molar refractivity (Wildman–Crippen MR) is 158 cm³/mol. The van der Waals surface area contributed by atoms with E-state index in [-0.39, 0.29) is 22.6 Å². The molecule has 1 fully saturated rings. The lowest BCUT2D eigenvalue weighted by Gasteiger charge is -2.27. The number of benzene rings is 3. The van der Waals surface area contributed by atoms with Gasteiger partial charge in [0.25, 0.3) is 11.7 Å². The van der Waals surface area contributed by atoms with Crippen LogP contribution >= 0.6 is 11.6 Å². The Morgan fingerprint density at radius 1 is 0.974 bits per heavy atom. The fourth-order valence-electron chi connectivity index (χ4n) is 5.04. The maximum atomic E-state index is 13.6. The zero-order valence-electron chi connectivity index (χ0n) is 23.2. The Kier molecular flexibility index (Phi) is 8.21. The molecular formula is C31H34ClN3O4. The minimum Gasteiger partial charge on any atom is -0.507 e. The number of ketones is 1. The third kappa shape index (κ3) is 5.19. The van der Waals surface area contributed by atoms with Gasteiger partial charge in [0.2, 0.25) is 0 Å². The normalized spacial score (nSPS) is 16.5. The molecule has 0 bridgehead atoms. The van der Waals surface area contributed by atoms with Crippen LogP contribution in [0.4, 0.5) is 17.1 Å². The van der Waals surface area contributed by atoms with Gasteiger partial charge in [-0.25, -0.2) is 0 Å². The first-order valence-electron chi connectivity index (χ1n) is 12.9. The molecular weight excluding hydrogens is 514 g/mol. The lowest BCUT2D eigenvalue weighted by Crippen LogP contribution is -2.29. The van der Waals surface area contributed by atoms with Gasteiger partial charge in [-0.15, -0.1) is 0 Å². The number of halogens is 1. The number of carbonyl (C=O) groups is 2. The zero-order valence-corrected chi connectivity index (χ0v) is 23.9. The molecule has 0 radical (unpaired) electrons. The quantitative estimate of drug-likeness (QED) is 0.206. The summed E-state index contributed by atoms with van der Waals surface area (Å²) in [7, 11) is 5.31. The molecule has 1 N–H and O–H groups in total. The van der Waals surface area contributed by atoms with Gasteiger partial charge in [-0.1, -0.05) is 23.7 Å². The molecule has 0 saturated carbocycles. The average molecular weight is 548 g/mol. The number of hydrogen-bond acceptors (Lipinski definition) is 6. The number of rotatable bonds is 8. The summed E-state index contributed by atoms with van der Waals surface area (Å²) < 4.78 is 5.48. The van der Waals surface area contributed by atoms with E-state index in [4.69, 9.17) is 16.3 Å². The van der Waals surface area contributed by atoms with E-state index in [0.717, 1.165) is 30.0 Å². The second-order valence-corrected chi connectivity index (χ2v) is 10.1. The number of hydrogen-bond donors (Lipinski definition) is 1. The minimum atomic E-state index is -0.857. The number of aliphatic hydroxyl groups excluding tert-OH is 1. The molecule has 8 heteroatoms. The Bertz CT molecular complexity index is 1410. The van der Waals surface area contributed by atoms with Crippen molar-refractivity contribution in [3.63, 3.8) is 0 Å². The van der Waals surface area contributed by atoms with E-state index in [9.17, 15) is 14.7 Å². The summed E-state index contributed by atoms with van der Waals surface area (Å²) >= 11 is 6.41. The van der Waals surface area contributed by atoms with E-state index >= 15 is 0 Å². The van der Waals surface area contributed by atoms with E-state index in [2.05, 4.69) is 18.7 Å². The van der Waals surface area contributed by atoms with Gasteiger partial charge in [-0.05, 0) is 80.4 Å². The van der Waals surface area contributed by atoms with Crippen LogP contribution in [0.15, 0.2) is 66.2 Å². The Labute approximate surface area is 234 Å². The Morgan fingerprint density at radius 3 is 2.10 bits per heavy atom. The summed E-state index contributed by atoms with van der Waals surface area (Å²) in [4.78, 5) is 32.8. The summed E-state index contributed by atoms with van der Waals surface area (Å²) in [6.07, 6.45) is 0. The summed E-state index contributed by atoms with van der Waals surface area (Å²) in [6.45, 7) is 7.70. The van der Waals surface area contributed by atoms with E-state index < -0.39 is 17.7 Å². The third-order valence-corrected chi connectivity index (χ3v) is 7.35. The standard InChI is InChI=1S/C31H34ClN3O4/c1-7-34(8-2)22-11-9-20(10-12-22)27-26(28(36)24-17-19(3)18-25(32)30(24)39-6)29(37)31(38)35(27)23-15-13-21(14-16-23)33(4)5/h9-18,27,36H,7-8H2,1-6H3/b28-26+. The molecule has 1 amide bonds. The molecule has 1 saturated heterocycles. The van der Waals surface area contributed by atoms with Crippen molar-refractivity contribution in [2.45, 2.75) is 26.8 Å². The van der Waals surface area contributed by atoms with Crippen LogP contribution in [0.2, 0.25) is 5.02 Å². The molecule has 39 heavy (non-hydrogen) atoms. The molecule has 0 spiro atoms. The molecule has 7 nitrogen and oxygen atoms in total. The number of aryl methyl sites for hydroxylation is 1. The number of anilines is 3. The van der Waals surface area contributed by atoms with Crippen LogP contribution in [0.25, 0.3) is 5.76 Å². The fraction of sp³-hybridized carbons (Fsp3) is 0.290. The maximum absolute atomic E-state index is 13.6. The molecule has 1 atom stereocenters. The number of Topliss-reactive ketones (excluding diaryl/α,β-unsaturated/α-hetero) is 1. The lowest BCUT2D eigenvalue weighted by atomic mass is 9.94. The third-order valence-electron chi connectivity index (χ3n) is 7.07. The molecule has 1 aliphatic rings. The average Bonchev–Trinajstić information content (AvgIpc) is 3.19. The van der Waals surface area contributed by atoms with E-state index in [1.807, 2.05) is 74.4 Å². The number of ether oxygens (including phenoxy) is 1. The summed E-state index contributed by atoms with van der Waals surface area (Å²) in [5.74, 6) is -1.59. The molecule has 3 aromatic rings. The number of methoxy groups -OCH3 is 1.